The Kier molecular flexibility index (Phi) is 7.18. The minimum atomic E-state index is -0.277. The maximum Gasteiger partial charge on any atom is 0.230 e. The minimum absolute atomic E-state index is 0.124. The molecule has 30 heavy (non-hydrogen) atoms. The van der Waals surface area contributed by atoms with Crippen LogP contribution in [0.15, 0.2) is 53.7 Å². The molecular formula is C21H22FN5O2S. The van der Waals surface area contributed by atoms with Gasteiger partial charge >= 0.3 is 0 Å². The Labute approximate surface area is 178 Å². The molecule has 2 N–H and O–H groups in total. The van der Waals surface area contributed by atoms with Crippen LogP contribution in [-0.4, -0.2) is 38.9 Å². The lowest BCUT2D eigenvalue weighted by molar-refractivity contribution is -0.118. The molecule has 0 fully saturated rings. The van der Waals surface area contributed by atoms with Crippen LogP contribution in [0.4, 0.5) is 10.1 Å². The summed E-state index contributed by atoms with van der Waals surface area (Å²) >= 11 is 1.28. The first-order chi connectivity index (χ1) is 14.4. The number of nitrogens with zero attached hydrogens (tertiary/aromatic N) is 3. The molecule has 0 saturated carbocycles. The first-order valence-corrected chi connectivity index (χ1v) is 10.3. The van der Waals surface area contributed by atoms with E-state index in [1.807, 2.05) is 29.7 Å². The highest BCUT2D eigenvalue weighted by atomic mass is 32.2. The summed E-state index contributed by atoms with van der Waals surface area (Å²) in [6.45, 7) is 3.74. The zero-order valence-corrected chi connectivity index (χ0v) is 17.5. The number of rotatable bonds is 8. The van der Waals surface area contributed by atoms with Gasteiger partial charge in [0.25, 0.3) is 0 Å². The van der Waals surface area contributed by atoms with Gasteiger partial charge in [0, 0.05) is 19.2 Å². The smallest absolute Gasteiger partial charge is 0.230 e. The van der Waals surface area contributed by atoms with Gasteiger partial charge in [-0.2, -0.15) is 0 Å². The molecule has 0 spiro atoms. The molecule has 0 aliphatic carbocycles. The number of amides is 2. The molecule has 0 aliphatic rings. The lowest BCUT2D eigenvalue weighted by Gasteiger charge is -2.10. The molecule has 1 heterocycles. The summed E-state index contributed by atoms with van der Waals surface area (Å²) in [7, 11) is 0. The van der Waals surface area contributed by atoms with Crippen molar-refractivity contribution in [3.8, 4) is 5.69 Å². The quantitative estimate of drug-likeness (QED) is 0.539. The van der Waals surface area contributed by atoms with Gasteiger partial charge in [0.1, 0.15) is 11.6 Å². The number of aryl methyl sites for hydroxylation is 1. The number of halogens is 1. The predicted molar refractivity (Wildman–Crippen MR) is 114 cm³/mol. The second-order valence-electron chi connectivity index (χ2n) is 6.61. The van der Waals surface area contributed by atoms with E-state index in [0.717, 1.165) is 11.3 Å². The molecule has 7 nitrogen and oxygen atoms in total. The van der Waals surface area contributed by atoms with Crippen LogP contribution in [0, 0.1) is 12.7 Å². The molecule has 0 saturated heterocycles. The van der Waals surface area contributed by atoms with Crippen molar-refractivity contribution in [1.29, 1.82) is 0 Å². The average molecular weight is 428 g/mol. The van der Waals surface area contributed by atoms with E-state index in [4.69, 9.17) is 0 Å². The van der Waals surface area contributed by atoms with Crippen LogP contribution in [0.3, 0.4) is 0 Å². The molecule has 0 bridgehead atoms. The summed E-state index contributed by atoms with van der Waals surface area (Å²) in [5.41, 5.74) is 2.42. The topological polar surface area (TPSA) is 88.9 Å². The molecule has 0 unspecified atom stereocenters. The van der Waals surface area contributed by atoms with Crippen molar-refractivity contribution in [3.05, 3.63) is 65.7 Å². The van der Waals surface area contributed by atoms with Crippen molar-refractivity contribution < 1.29 is 14.0 Å². The van der Waals surface area contributed by atoms with Crippen LogP contribution in [0.2, 0.25) is 0 Å². The molecule has 2 amide bonds. The lowest BCUT2D eigenvalue weighted by atomic mass is 10.1. The van der Waals surface area contributed by atoms with Crippen LogP contribution < -0.4 is 10.6 Å². The Morgan fingerprint density at radius 1 is 1.13 bits per heavy atom. The molecule has 9 heteroatoms. The highest BCUT2D eigenvalue weighted by Crippen LogP contribution is 2.23. The fraction of sp³-hybridized carbons (Fsp3) is 0.238. The van der Waals surface area contributed by atoms with Crippen molar-refractivity contribution in [2.75, 3.05) is 17.6 Å². The highest BCUT2D eigenvalue weighted by molar-refractivity contribution is 7.99. The summed E-state index contributed by atoms with van der Waals surface area (Å²) in [6.07, 6.45) is 0.627. The van der Waals surface area contributed by atoms with Gasteiger partial charge < -0.3 is 10.6 Å². The first-order valence-electron chi connectivity index (χ1n) is 9.36. The van der Waals surface area contributed by atoms with Gasteiger partial charge in [0.05, 0.1) is 11.4 Å². The Morgan fingerprint density at radius 2 is 1.90 bits per heavy atom. The van der Waals surface area contributed by atoms with Gasteiger partial charge in [-0.25, -0.2) is 4.39 Å². The van der Waals surface area contributed by atoms with Gasteiger partial charge in [-0.1, -0.05) is 30.0 Å². The largest absolute Gasteiger partial charge is 0.355 e. The Balaban J connectivity index is 1.58. The van der Waals surface area contributed by atoms with E-state index in [0.29, 0.717) is 29.6 Å². The number of carbonyl (C=O) groups is 2. The number of aromatic nitrogens is 3. The third-order valence-electron chi connectivity index (χ3n) is 4.20. The van der Waals surface area contributed by atoms with Crippen molar-refractivity contribution in [2.24, 2.45) is 0 Å². The zero-order valence-electron chi connectivity index (χ0n) is 16.7. The van der Waals surface area contributed by atoms with E-state index in [9.17, 15) is 14.0 Å². The SMILES string of the molecule is CC(=O)Nc1cccc(-n2c(C)nnc2SCC(=O)NCCc2ccc(F)cc2)c1. The van der Waals surface area contributed by atoms with E-state index in [1.165, 1.54) is 30.8 Å². The second-order valence-corrected chi connectivity index (χ2v) is 7.55. The Hall–Kier alpha value is -3.20. The van der Waals surface area contributed by atoms with Crippen LogP contribution >= 0.6 is 11.8 Å². The van der Waals surface area contributed by atoms with E-state index in [2.05, 4.69) is 20.8 Å². The van der Waals surface area contributed by atoms with Crippen LogP contribution in [0.1, 0.15) is 18.3 Å². The summed E-state index contributed by atoms with van der Waals surface area (Å²) in [4.78, 5) is 23.5. The lowest BCUT2D eigenvalue weighted by Crippen LogP contribution is -2.27. The Bertz CT molecular complexity index is 1040. The van der Waals surface area contributed by atoms with Crippen molar-refractivity contribution >= 4 is 29.3 Å². The van der Waals surface area contributed by atoms with Crippen molar-refractivity contribution in [1.82, 2.24) is 20.1 Å². The van der Waals surface area contributed by atoms with Crippen LogP contribution in [0.25, 0.3) is 5.69 Å². The number of benzene rings is 2. The number of thioether (sulfide) groups is 1. The molecular weight excluding hydrogens is 405 g/mol. The molecule has 0 atom stereocenters. The van der Waals surface area contributed by atoms with Gasteiger partial charge in [-0.3, -0.25) is 14.2 Å². The van der Waals surface area contributed by atoms with Gasteiger partial charge in [-0.05, 0) is 49.2 Å². The minimum Gasteiger partial charge on any atom is -0.355 e. The monoisotopic (exact) mass is 427 g/mol. The fourth-order valence-corrected chi connectivity index (χ4v) is 3.67. The Morgan fingerprint density at radius 3 is 2.63 bits per heavy atom. The van der Waals surface area contributed by atoms with Gasteiger partial charge in [0.2, 0.25) is 11.8 Å². The summed E-state index contributed by atoms with van der Waals surface area (Å²) in [6, 6.07) is 13.6. The van der Waals surface area contributed by atoms with Crippen molar-refractivity contribution in [3.63, 3.8) is 0 Å². The maximum absolute atomic E-state index is 12.9. The van der Waals surface area contributed by atoms with E-state index < -0.39 is 0 Å². The van der Waals surface area contributed by atoms with Crippen molar-refractivity contribution in [2.45, 2.75) is 25.4 Å². The van der Waals surface area contributed by atoms with Gasteiger partial charge in [-0.15, -0.1) is 10.2 Å². The molecule has 2 aromatic carbocycles. The molecule has 0 radical (unpaired) electrons. The third-order valence-corrected chi connectivity index (χ3v) is 5.13. The molecule has 156 valence electrons. The van der Waals surface area contributed by atoms with E-state index in [1.54, 1.807) is 18.2 Å². The molecule has 0 aliphatic heterocycles. The summed E-state index contributed by atoms with van der Waals surface area (Å²) in [5.74, 6) is 0.309. The van der Waals surface area contributed by atoms with Gasteiger partial charge in [0.15, 0.2) is 5.16 Å². The average Bonchev–Trinajstić information content (AvgIpc) is 3.08. The predicted octanol–water partition coefficient (Wildman–Crippen LogP) is 3.12. The molecule has 1 aromatic heterocycles. The highest BCUT2D eigenvalue weighted by Gasteiger charge is 2.14. The standard InChI is InChI=1S/C21H22FN5O2S/c1-14-25-26-21(27(14)19-5-3-4-18(12-19)24-15(2)28)30-13-20(29)23-11-10-16-6-8-17(22)9-7-16/h3-9,12H,10-11,13H2,1-2H3,(H,23,29)(H,24,28). The zero-order chi connectivity index (χ0) is 21.5. The third kappa shape index (κ3) is 5.90. The van der Waals surface area contributed by atoms with E-state index >= 15 is 0 Å². The number of carbonyl (C=O) groups excluding carboxylic acids is 2. The normalized spacial score (nSPS) is 10.6. The second kappa shape index (κ2) is 10.0. The number of hydrogen-bond acceptors (Lipinski definition) is 5. The van der Waals surface area contributed by atoms with Crippen LogP contribution in [0.5, 0.6) is 0 Å². The molecule has 3 rings (SSSR count). The number of nitrogens with one attached hydrogen (secondary N) is 2. The summed E-state index contributed by atoms with van der Waals surface area (Å²) < 4.78 is 14.8. The fourth-order valence-electron chi connectivity index (χ4n) is 2.84. The number of hydrogen-bond donors (Lipinski definition) is 2. The van der Waals surface area contributed by atoms with E-state index in [-0.39, 0.29) is 23.4 Å². The molecule has 3 aromatic rings. The number of anilines is 1. The first kappa shape index (κ1) is 21.5. The summed E-state index contributed by atoms with van der Waals surface area (Å²) in [5, 5.41) is 14.5. The van der Waals surface area contributed by atoms with Crippen LogP contribution in [-0.2, 0) is 16.0 Å². The maximum atomic E-state index is 12.9.